The van der Waals surface area contributed by atoms with E-state index < -0.39 is 0 Å². The van der Waals surface area contributed by atoms with E-state index in [4.69, 9.17) is 11.6 Å². The third-order valence-electron chi connectivity index (χ3n) is 5.64. The third kappa shape index (κ3) is 5.26. The van der Waals surface area contributed by atoms with Crippen LogP contribution >= 0.6 is 11.6 Å². The predicted molar refractivity (Wildman–Crippen MR) is 138 cm³/mol. The monoisotopic (exact) mass is 483 g/mol. The van der Waals surface area contributed by atoms with Gasteiger partial charge in [0.25, 0.3) is 11.5 Å². The number of carbonyl (C=O) groups excluding carboxylic acids is 1. The summed E-state index contributed by atoms with van der Waals surface area (Å²) >= 11 is 6.09. The molecule has 0 saturated carbocycles. The van der Waals surface area contributed by atoms with Crippen LogP contribution < -0.4 is 16.2 Å². The molecule has 0 aliphatic rings. The summed E-state index contributed by atoms with van der Waals surface area (Å²) in [4.78, 5) is 24.7. The fraction of sp³-hybridized carbons (Fsp3) is 0.0741. The van der Waals surface area contributed by atoms with Gasteiger partial charge < -0.3 is 15.2 Å². The maximum atomic E-state index is 12.8. The van der Waals surface area contributed by atoms with Crippen molar-refractivity contribution in [1.82, 2.24) is 20.1 Å². The molecule has 0 aliphatic carbocycles. The largest absolute Gasteiger partial charge is 0.356 e. The van der Waals surface area contributed by atoms with E-state index in [2.05, 4.69) is 20.8 Å². The molecule has 0 aliphatic heterocycles. The van der Waals surface area contributed by atoms with Gasteiger partial charge in [0.2, 0.25) is 0 Å². The number of H-pyrrole nitrogens is 1. The second-order valence-corrected chi connectivity index (χ2v) is 8.55. The van der Waals surface area contributed by atoms with Gasteiger partial charge in [0.15, 0.2) is 0 Å². The maximum Gasteiger partial charge on any atom is 0.251 e. The van der Waals surface area contributed by atoms with E-state index >= 15 is 0 Å². The second-order valence-electron chi connectivity index (χ2n) is 8.12. The van der Waals surface area contributed by atoms with Crippen molar-refractivity contribution in [2.24, 2.45) is 0 Å². The summed E-state index contributed by atoms with van der Waals surface area (Å²) < 4.78 is 1.66. The molecule has 5 aromatic rings. The molecule has 1 amide bonds. The number of aromatic amines is 1. The van der Waals surface area contributed by atoms with Crippen LogP contribution in [0.5, 0.6) is 0 Å². The second kappa shape index (κ2) is 9.87. The lowest BCUT2D eigenvalue weighted by atomic mass is 10.1. The molecule has 0 radical (unpaired) electrons. The summed E-state index contributed by atoms with van der Waals surface area (Å²) in [5.41, 5.74) is 4.79. The molecular weight excluding hydrogens is 462 g/mol. The molecule has 0 fully saturated rings. The first kappa shape index (κ1) is 22.4. The fourth-order valence-electron chi connectivity index (χ4n) is 3.83. The van der Waals surface area contributed by atoms with Gasteiger partial charge >= 0.3 is 0 Å². The first-order valence-electron chi connectivity index (χ1n) is 11.1. The van der Waals surface area contributed by atoms with Gasteiger partial charge in [-0.05, 0) is 60.2 Å². The van der Waals surface area contributed by atoms with Gasteiger partial charge in [0.1, 0.15) is 0 Å². The molecule has 5 rings (SSSR count). The third-order valence-corrected chi connectivity index (χ3v) is 5.88. The Morgan fingerprint density at radius 2 is 1.80 bits per heavy atom. The Hall–Kier alpha value is -4.36. The number of aromatic nitrogens is 3. The lowest BCUT2D eigenvalue weighted by molar-refractivity contribution is 0.0950. The van der Waals surface area contributed by atoms with Gasteiger partial charge in [0, 0.05) is 39.6 Å². The summed E-state index contributed by atoms with van der Waals surface area (Å²) in [7, 11) is 0. The molecule has 0 saturated heterocycles. The Balaban J connectivity index is 1.23. The lowest BCUT2D eigenvalue weighted by Gasteiger charge is -2.10. The number of amides is 1. The number of hydrogen-bond acceptors (Lipinski definition) is 4. The van der Waals surface area contributed by atoms with Crippen molar-refractivity contribution in [3.8, 4) is 0 Å². The summed E-state index contributed by atoms with van der Waals surface area (Å²) in [6.45, 7) is 0.812. The minimum atomic E-state index is -0.193. The van der Waals surface area contributed by atoms with Crippen LogP contribution in [0.1, 0.15) is 21.6 Å². The van der Waals surface area contributed by atoms with Crippen LogP contribution in [0.25, 0.3) is 10.9 Å². The molecular formula is C27H22ClN5O2. The van der Waals surface area contributed by atoms with Crippen LogP contribution in [-0.4, -0.2) is 20.7 Å². The van der Waals surface area contributed by atoms with E-state index in [-0.39, 0.29) is 11.5 Å². The summed E-state index contributed by atoms with van der Waals surface area (Å²) in [6.07, 6.45) is 1.77. The summed E-state index contributed by atoms with van der Waals surface area (Å²) in [5.74, 6) is -0.193. The Kier molecular flexibility index (Phi) is 6.32. The number of pyridine rings is 1. The van der Waals surface area contributed by atoms with Crippen molar-refractivity contribution >= 4 is 39.8 Å². The van der Waals surface area contributed by atoms with Crippen molar-refractivity contribution in [3.05, 3.63) is 123 Å². The highest BCUT2D eigenvalue weighted by Crippen LogP contribution is 2.21. The van der Waals surface area contributed by atoms with E-state index in [0.717, 1.165) is 33.5 Å². The molecule has 0 spiro atoms. The highest BCUT2D eigenvalue weighted by molar-refractivity contribution is 6.31. The van der Waals surface area contributed by atoms with Crippen LogP contribution in [0.2, 0.25) is 5.02 Å². The van der Waals surface area contributed by atoms with E-state index in [0.29, 0.717) is 23.7 Å². The minimum absolute atomic E-state index is 0.0330. The van der Waals surface area contributed by atoms with Gasteiger partial charge in [-0.3, -0.25) is 14.7 Å². The molecule has 2 aromatic heterocycles. The molecule has 0 atom stereocenters. The average Bonchev–Trinajstić information content (AvgIpc) is 3.27. The number of fused-ring (bicyclic) bond motifs is 1. The highest BCUT2D eigenvalue weighted by Gasteiger charge is 2.10. The SMILES string of the molecule is O=C(NCc1[nH]nc2ccc(Cl)cc12)c1cccc(Nc2ccc(Cn3ccccc3=O)cc2)c1. The molecule has 35 heavy (non-hydrogen) atoms. The van der Waals surface area contributed by atoms with Gasteiger partial charge in [-0.2, -0.15) is 5.10 Å². The standard InChI is InChI=1S/C27H22ClN5O2/c28-20-9-12-24-23(15-20)25(32-31-24)16-29-27(35)19-4-3-5-22(14-19)30-21-10-7-18(8-11-21)17-33-13-2-1-6-26(33)34/h1-15,30H,16-17H2,(H,29,35)(H,31,32). The van der Waals surface area contributed by atoms with Crippen molar-refractivity contribution in [3.63, 3.8) is 0 Å². The Bertz CT molecular complexity index is 1560. The first-order valence-corrected chi connectivity index (χ1v) is 11.5. The number of halogens is 1. The Labute approximate surface area is 206 Å². The average molecular weight is 484 g/mol. The number of hydrogen-bond donors (Lipinski definition) is 3. The zero-order valence-electron chi connectivity index (χ0n) is 18.7. The van der Waals surface area contributed by atoms with E-state index in [1.165, 1.54) is 0 Å². The van der Waals surface area contributed by atoms with Crippen molar-refractivity contribution in [2.75, 3.05) is 5.32 Å². The van der Waals surface area contributed by atoms with Crippen LogP contribution in [0.4, 0.5) is 11.4 Å². The van der Waals surface area contributed by atoms with Gasteiger partial charge in [-0.1, -0.05) is 35.9 Å². The number of nitrogens with zero attached hydrogens (tertiary/aromatic N) is 2. The van der Waals surface area contributed by atoms with Crippen LogP contribution in [0, 0.1) is 0 Å². The molecule has 3 N–H and O–H groups in total. The topological polar surface area (TPSA) is 91.8 Å². The van der Waals surface area contributed by atoms with Gasteiger partial charge in [-0.25, -0.2) is 0 Å². The Morgan fingerprint density at radius 1 is 0.943 bits per heavy atom. The highest BCUT2D eigenvalue weighted by atomic mass is 35.5. The molecule has 3 aromatic carbocycles. The summed E-state index contributed by atoms with van der Waals surface area (Å²) in [5, 5.41) is 15.0. The van der Waals surface area contributed by atoms with Gasteiger partial charge in [-0.15, -0.1) is 0 Å². The van der Waals surface area contributed by atoms with E-state index in [1.54, 1.807) is 41.1 Å². The van der Waals surface area contributed by atoms with Crippen molar-refractivity contribution < 1.29 is 4.79 Å². The van der Waals surface area contributed by atoms with Gasteiger partial charge in [0.05, 0.1) is 24.3 Å². The zero-order valence-corrected chi connectivity index (χ0v) is 19.4. The van der Waals surface area contributed by atoms with E-state index in [9.17, 15) is 9.59 Å². The predicted octanol–water partition coefficient (Wildman–Crippen LogP) is 5.10. The molecule has 2 heterocycles. The molecule has 8 heteroatoms. The van der Waals surface area contributed by atoms with E-state index in [1.807, 2.05) is 54.6 Å². The van der Waals surface area contributed by atoms with Crippen LogP contribution in [0.3, 0.4) is 0 Å². The minimum Gasteiger partial charge on any atom is -0.356 e. The Morgan fingerprint density at radius 3 is 2.63 bits per heavy atom. The first-order chi connectivity index (χ1) is 17.0. The maximum absolute atomic E-state index is 12.8. The summed E-state index contributed by atoms with van der Waals surface area (Å²) in [6, 6.07) is 25.7. The molecule has 0 bridgehead atoms. The number of carbonyl (C=O) groups is 1. The zero-order chi connectivity index (χ0) is 24.2. The molecule has 0 unspecified atom stereocenters. The lowest BCUT2D eigenvalue weighted by Crippen LogP contribution is -2.23. The number of anilines is 2. The molecule has 7 nitrogen and oxygen atoms in total. The number of nitrogens with one attached hydrogen (secondary N) is 3. The number of rotatable bonds is 7. The quantitative estimate of drug-likeness (QED) is 0.300. The fourth-order valence-corrected chi connectivity index (χ4v) is 4.00. The van der Waals surface area contributed by atoms with Crippen LogP contribution in [-0.2, 0) is 13.1 Å². The normalized spacial score (nSPS) is 10.9. The smallest absolute Gasteiger partial charge is 0.251 e. The number of benzene rings is 3. The van der Waals surface area contributed by atoms with Crippen molar-refractivity contribution in [1.29, 1.82) is 0 Å². The van der Waals surface area contributed by atoms with Crippen LogP contribution in [0.15, 0.2) is 95.9 Å². The van der Waals surface area contributed by atoms with Crippen molar-refractivity contribution in [2.45, 2.75) is 13.1 Å². The molecule has 174 valence electrons.